The number of rotatable bonds is 11. The Bertz CT molecular complexity index is 2060. The monoisotopic (exact) mass is 834 g/mol. The summed E-state index contributed by atoms with van der Waals surface area (Å²) in [6.45, 7) is 7.38. The molecule has 0 spiro atoms. The molecule has 0 bridgehead atoms. The molecule has 0 aromatic heterocycles. The van der Waals surface area contributed by atoms with Crippen molar-refractivity contribution in [1.29, 1.82) is 0 Å². The van der Waals surface area contributed by atoms with E-state index >= 15 is 0 Å². The molecular weight excluding hydrogens is 777 g/mol. The number of alkyl halides is 4. The van der Waals surface area contributed by atoms with Gasteiger partial charge in [0.1, 0.15) is 11.5 Å². The minimum atomic E-state index is -2.54. The van der Waals surface area contributed by atoms with Crippen LogP contribution >= 0.6 is 0 Å². The van der Waals surface area contributed by atoms with Crippen LogP contribution in [0.25, 0.3) is 21.5 Å². The summed E-state index contributed by atoms with van der Waals surface area (Å²) in [5.41, 5.74) is 2.44. The van der Waals surface area contributed by atoms with Crippen LogP contribution in [0.1, 0.15) is 95.1 Å². The van der Waals surface area contributed by atoms with Gasteiger partial charge in [-0.05, 0) is 154 Å². The van der Waals surface area contributed by atoms with Gasteiger partial charge in [-0.1, -0.05) is 36.4 Å². The zero-order chi connectivity index (χ0) is 42.3. The van der Waals surface area contributed by atoms with E-state index < -0.39 is 17.8 Å². The zero-order valence-corrected chi connectivity index (χ0v) is 34.6. The Morgan fingerprint density at radius 3 is 1.37 bits per heavy atom. The minimum absolute atomic E-state index is 0.0293. The van der Waals surface area contributed by atoms with Crippen LogP contribution in [0.5, 0.6) is 11.5 Å². The number of carboxylic acids is 1. The lowest BCUT2D eigenvalue weighted by molar-refractivity contribution is -0.149. The van der Waals surface area contributed by atoms with Gasteiger partial charge in [0.15, 0.2) is 0 Å². The van der Waals surface area contributed by atoms with Crippen LogP contribution in [-0.4, -0.2) is 83.7 Å². The molecule has 4 aliphatic rings. The van der Waals surface area contributed by atoms with Crippen molar-refractivity contribution in [3.63, 3.8) is 0 Å². The molecule has 2 heterocycles. The molecule has 4 aromatic carbocycles. The second kappa shape index (κ2) is 19.5. The second-order valence-corrected chi connectivity index (χ2v) is 17.2. The van der Waals surface area contributed by atoms with E-state index in [1.165, 1.54) is 11.1 Å². The van der Waals surface area contributed by atoms with Gasteiger partial charge in [-0.15, -0.1) is 0 Å². The van der Waals surface area contributed by atoms with E-state index in [2.05, 4.69) is 46.2 Å². The SMILES string of the molecule is CCOC(=O)C1CCN(Cc2ccc3cc(OC4CCC(F)(F)CC4)ccc3c2)CC1.O=C(O)C1CCN(Cc2ccc3cc(OC4CCC(F)(F)CC4)ccc3c2)CC1. The number of carbonyl (C=O) groups excluding carboxylic acids is 1. The van der Waals surface area contributed by atoms with Crippen molar-refractivity contribution in [1.82, 2.24) is 9.80 Å². The highest BCUT2D eigenvalue weighted by Gasteiger charge is 2.37. The molecule has 2 aliphatic carbocycles. The van der Waals surface area contributed by atoms with Crippen molar-refractivity contribution in [2.75, 3.05) is 32.8 Å². The normalized spacial score (nSPS) is 20.9. The summed E-state index contributed by atoms with van der Waals surface area (Å²) in [6.07, 6.45) is 4.04. The maximum Gasteiger partial charge on any atom is 0.309 e. The van der Waals surface area contributed by atoms with Crippen LogP contribution < -0.4 is 9.47 Å². The Labute approximate surface area is 350 Å². The molecule has 60 heavy (non-hydrogen) atoms. The molecule has 8 nitrogen and oxygen atoms in total. The summed E-state index contributed by atoms with van der Waals surface area (Å²) in [4.78, 5) is 27.7. The molecular formula is C48H58F4N2O6. The van der Waals surface area contributed by atoms with Gasteiger partial charge in [-0.25, -0.2) is 17.6 Å². The molecule has 2 saturated heterocycles. The van der Waals surface area contributed by atoms with Crippen molar-refractivity contribution in [2.24, 2.45) is 11.8 Å². The number of ether oxygens (including phenoxy) is 3. The molecule has 2 saturated carbocycles. The number of benzene rings is 4. The predicted octanol–water partition coefficient (Wildman–Crippen LogP) is 10.7. The summed E-state index contributed by atoms with van der Waals surface area (Å²) in [7, 11) is 0. The van der Waals surface area contributed by atoms with Gasteiger partial charge in [-0.3, -0.25) is 19.4 Å². The number of halogens is 4. The third kappa shape index (κ3) is 12.1. The summed E-state index contributed by atoms with van der Waals surface area (Å²) in [6, 6.07) is 24.6. The van der Waals surface area contributed by atoms with Crippen molar-refractivity contribution >= 4 is 33.5 Å². The van der Waals surface area contributed by atoms with E-state index in [0.29, 0.717) is 45.1 Å². The average Bonchev–Trinajstić information content (AvgIpc) is 3.23. The summed E-state index contributed by atoms with van der Waals surface area (Å²) in [5.74, 6) is -4.52. The highest BCUT2D eigenvalue weighted by atomic mass is 19.3. The van der Waals surface area contributed by atoms with Crippen molar-refractivity contribution in [2.45, 2.75) is 121 Å². The number of aliphatic carboxylic acids is 1. The molecule has 0 radical (unpaired) electrons. The molecule has 12 heteroatoms. The molecule has 324 valence electrons. The summed E-state index contributed by atoms with van der Waals surface area (Å²) >= 11 is 0. The fourth-order valence-electron chi connectivity index (χ4n) is 8.98. The quantitative estimate of drug-likeness (QED) is 0.118. The smallest absolute Gasteiger partial charge is 0.309 e. The maximum absolute atomic E-state index is 13.3. The lowest BCUT2D eigenvalue weighted by Gasteiger charge is -2.30. The lowest BCUT2D eigenvalue weighted by Crippen LogP contribution is -2.36. The van der Waals surface area contributed by atoms with E-state index in [1.807, 2.05) is 43.3 Å². The van der Waals surface area contributed by atoms with Crippen LogP contribution in [0.4, 0.5) is 17.6 Å². The molecule has 1 N–H and O–H groups in total. The van der Waals surface area contributed by atoms with Gasteiger partial charge >= 0.3 is 11.9 Å². The van der Waals surface area contributed by atoms with Gasteiger partial charge in [0.05, 0.1) is 30.7 Å². The van der Waals surface area contributed by atoms with Crippen LogP contribution in [0.15, 0.2) is 72.8 Å². The van der Waals surface area contributed by atoms with Crippen LogP contribution in [0, 0.1) is 11.8 Å². The number of nitrogens with zero attached hydrogens (tertiary/aromatic N) is 2. The van der Waals surface area contributed by atoms with E-state index in [4.69, 9.17) is 19.3 Å². The van der Waals surface area contributed by atoms with Crippen molar-refractivity contribution in [3.8, 4) is 11.5 Å². The average molecular weight is 835 g/mol. The Morgan fingerprint density at radius 1 is 0.583 bits per heavy atom. The summed E-state index contributed by atoms with van der Waals surface area (Å²) < 4.78 is 70.3. The Kier molecular flexibility index (Phi) is 14.2. The highest BCUT2D eigenvalue weighted by Crippen LogP contribution is 2.37. The lowest BCUT2D eigenvalue weighted by atomic mass is 9.94. The van der Waals surface area contributed by atoms with E-state index in [0.717, 1.165) is 85.2 Å². The van der Waals surface area contributed by atoms with E-state index in [9.17, 15) is 27.2 Å². The van der Waals surface area contributed by atoms with E-state index in [-0.39, 0.29) is 55.7 Å². The number of carboxylic acid groups (broad SMARTS) is 1. The molecule has 8 rings (SSSR count). The fraction of sp³-hybridized carbons (Fsp3) is 0.542. The molecule has 4 fully saturated rings. The first-order valence-corrected chi connectivity index (χ1v) is 21.8. The zero-order valence-electron chi connectivity index (χ0n) is 34.6. The first-order chi connectivity index (χ1) is 28.8. The third-order valence-corrected chi connectivity index (χ3v) is 12.6. The van der Waals surface area contributed by atoms with Gasteiger partial charge in [0.2, 0.25) is 11.8 Å². The predicted molar refractivity (Wildman–Crippen MR) is 224 cm³/mol. The molecule has 0 unspecified atom stereocenters. The van der Waals surface area contributed by atoms with Gasteiger partial charge in [0.25, 0.3) is 0 Å². The van der Waals surface area contributed by atoms with Gasteiger partial charge in [-0.2, -0.15) is 0 Å². The topological polar surface area (TPSA) is 88.5 Å². The van der Waals surface area contributed by atoms with E-state index in [1.54, 1.807) is 0 Å². The Morgan fingerprint density at radius 2 is 0.967 bits per heavy atom. The van der Waals surface area contributed by atoms with Crippen LogP contribution in [-0.2, 0) is 27.4 Å². The highest BCUT2D eigenvalue weighted by molar-refractivity contribution is 5.85. The number of esters is 1. The fourth-order valence-corrected chi connectivity index (χ4v) is 8.98. The first kappa shape index (κ1) is 43.7. The Hall–Kier alpha value is -4.42. The Balaban J connectivity index is 0.000000182. The third-order valence-electron chi connectivity index (χ3n) is 12.6. The maximum atomic E-state index is 13.3. The number of carbonyl (C=O) groups is 2. The van der Waals surface area contributed by atoms with Crippen LogP contribution in [0.3, 0.4) is 0 Å². The van der Waals surface area contributed by atoms with Crippen LogP contribution in [0.2, 0.25) is 0 Å². The first-order valence-electron chi connectivity index (χ1n) is 21.8. The number of piperidine rings is 2. The molecule has 0 amide bonds. The number of fused-ring (bicyclic) bond motifs is 2. The second-order valence-electron chi connectivity index (χ2n) is 17.2. The molecule has 4 aromatic rings. The molecule has 0 atom stereocenters. The van der Waals surface area contributed by atoms with Crippen molar-refractivity contribution in [3.05, 3.63) is 83.9 Å². The van der Waals surface area contributed by atoms with Gasteiger partial charge < -0.3 is 19.3 Å². The summed E-state index contributed by atoms with van der Waals surface area (Å²) in [5, 5.41) is 13.5. The molecule has 2 aliphatic heterocycles. The number of hydrogen-bond donors (Lipinski definition) is 1. The number of likely N-dealkylation sites (tertiary alicyclic amines) is 2. The van der Waals surface area contributed by atoms with Gasteiger partial charge in [0, 0.05) is 38.8 Å². The van der Waals surface area contributed by atoms with Crippen molar-refractivity contribution < 1.29 is 46.5 Å². The standard InChI is InChI=1S/C25H31F2NO3.C23H27F2NO3/c1-2-30-24(29)19-9-13-28(14-10-19)17-18-3-4-21-16-23(6-5-20(21)15-18)31-22-7-11-25(26,27)12-8-22;24-23(25)9-5-20(6-10-23)29-21-4-3-18-13-16(1-2-19(18)14-21)15-26-11-7-17(8-12-26)22(27)28/h3-6,15-16,19,22H,2,7-14,17H2,1H3;1-4,13-14,17,20H,5-12,15H2,(H,27,28). The largest absolute Gasteiger partial charge is 0.490 e. The number of hydrogen-bond acceptors (Lipinski definition) is 7. The minimum Gasteiger partial charge on any atom is -0.490 e.